The molecule has 1 heterocycles. The van der Waals surface area contributed by atoms with Gasteiger partial charge in [0.25, 0.3) is 0 Å². The molecule has 7 nitrogen and oxygen atoms in total. The van der Waals surface area contributed by atoms with E-state index >= 15 is 0 Å². The monoisotopic (exact) mass is 416 g/mol. The largest absolute Gasteiger partial charge is 0.493 e. The third-order valence-electron chi connectivity index (χ3n) is 4.35. The molecule has 0 radical (unpaired) electrons. The maximum absolute atomic E-state index is 12.3. The first-order valence-electron chi connectivity index (χ1n) is 8.86. The van der Waals surface area contributed by atoms with Gasteiger partial charge in [-0.2, -0.15) is 0 Å². The molecule has 2 aromatic carbocycles. The molecule has 0 saturated heterocycles. The summed E-state index contributed by atoms with van der Waals surface area (Å²) in [5.74, 6) is 1.04. The van der Waals surface area contributed by atoms with Crippen LogP contribution in [-0.2, 0) is 11.2 Å². The minimum Gasteiger partial charge on any atom is -0.493 e. The number of aromatic nitrogens is 1. The predicted octanol–water partition coefficient (Wildman–Crippen LogP) is 4.45. The third-order valence-corrected chi connectivity index (χ3v) is 4.60. The van der Waals surface area contributed by atoms with Crippen molar-refractivity contribution in [3.63, 3.8) is 0 Å². The van der Waals surface area contributed by atoms with Crippen LogP contribution < -0.4 is 14.8 Å². The average molecular weight is 417 g/mol. The van der Waals surface area contributed by atoms with Crippen LogP contribution in [0.4, 0.5) is 5.88 Å². The molecule has 1 N–H and O–H groups in total. The number of rotatable bonds is 8. The number of methoxy groups -OCH3 is 3. The number of hydrogen-bond donors (Lipinski definition) is 1. The molecule has 0 amide bonds. The van der Waals surface area contributed by atoms with Gasteiger partial charge >= 0.3 is 5.97 Å². The van der Waals surface area contributed by atoms with Gasteiger partial charge in [-0.15, -0.1) is 0 Å². The summed E-state index contributed by atoms with van der Waals surface area (Å²) >= 11 is 5.94. The zero-order valence-electron chi connectivity index (χ0n) is 16.3. The molecule has 3 aromatic rings. The highest BCUT2D eigenvalue weighted by molar-refractivity contribution is 6.30. The van der Waals surface area contributed by atoms with Crippen molar-refractivity contribution >= 4 is 23.5 Å². The second kappa shape index (κ2) is 9.34. The maximum atomic E-state index is 12.3. The normalized spacial score (nSPS) is 10.5. The standard InChI is InChI=1S/C21H21ClN2O5/c1-26-16-9-4-13(12-17(16)27-2)10-11-23-20-18(21(25)28-3)19(24-29-20)14-5-7-15(22)8-6-14/h4-9,12,23H,10-11H2,1-3H3. The van der Waals surface area contributed by atoms with Crippen molar-refractivity contribution in [1.82, 2.24) is 5.16 Å². The van der Waals surface area contributed by atoms with Crippen molar-refractivity contribution in [2.24, 2.45) is 0 Å². The lowest BCUT2D eigenvalue weighted by Gasteiger charge is -2.10. The molecule has 3 rings (SSSR count). The minimum atomic E-state index is -0.537. The van der Waals surface area contributed by atoms with Gasteiger partial charge < -0.3 is 24.1 Å². The second-order valence-corrected chi connectivity index (χ2v) is 6.54. The Labute approximate surface area is 173 Å². The first-order chi connectivity index (χ1) is 14.1. The van der Waals surface area contributed by atoms with E-state index in [1.54, 1.807) is 38.5 Å². The number of carbonyl (C=O) groups is 1. The highest BCUT2D eigenvalue weighted by Crippen LogP contribution is 2.31. The summed E-state index contributed by atoms with van der Waals surface area (Å²) in [6.45, 7) is 0.509. The maximum Gasteiger partial charge on any atom is 0.345 e. The summed E-state index contributed by atoms with van der Waals surface area (Å²) in [4.78, 5) is 12.3. The number of esters is 1. The molecule has 0 saturated carbocycles. The fraction of sp³-hybridized carbons (Fsp3) is 0.238. The Morgan fingerprint density at radius 1 is 1.07 bits per heavy atom. The minimum absolute atomic E-state index is 0.238. The Morgan fingerprint density at radius 3 is 2.45 bits per heavy atom. The van der Waals surface area contributed by atoms with Gasteiger partial charge in [-0.1, -0.05) is 35.0 Å². The lowest BCUT2D eigenvalue weighted by atomic mass is 10.1. The molecule has 0 aliphatic carbocycles. The van der Waals surface area contributed by atoms with Crippen LogP contribution in [-0.4, -0.2) is 39.0 Å². The molecular formula is C21H21ClN2O5. The Kier molecular flexibility index (Phi) is 6.61. The number of anilines is 1. The van der Waals surface area contributed by atoms with Crippen molar-refractivity contribution in [2.45, 2.75) is 6.42 Å². The van der Waals surface area contributed by atoms with Crippen molar-refractivity contribution in [1.29, 1.82) is 0 Å². The zero-order valence-corrected chi connectivity index (χ0v) is 17.1. The molecule has 0 unspecified atom stereocenters. The highest BCUT2D eigenvalue weighted by Gasteiger charge is 2.24. The molecule has 152 valence electrons. The average Bonchev–Trinajstić information content (AvgIpc) is 3.17. The van der Waals surface area contributed by atoms with E-state index in [9.17, 15) is 4.79 Å². The van der Waals surface area contributed by atoms with Gasteiger partial charge in [-0.3, -0.25) is 0 Å². The van der Waals surface area contributed by atoms with Crippen LogP contribution in [0.25, 0.3) is 11.3 Å². The van der Waals surface area contributed by atoms with Crippen LogP contribution in [0.15, 0.2) is 47.0 Å². The van der Waals surface area contributed by atoms with Gasteiger partial charge in [0, 0.05) is 17.1 Å². The van der Waals surface area contributed by atoms with Gasteiger partial charge in [0.05, 0.1) is 21.3 Å². The van der Waals surface area contributed by atoms with E-state index in [1.165, 1.54) is 7.11 Å². The van der Waals surface area contributed by atoms with Gasteiger partial charge in [0.1, 0.15) is 5.69 Å². The van der Waals surface area contributed by atoms with Crippen molar-refractivity contribution in [3.05, 3.63) is 58.6 Å². The predicted molar refractivity (Wildman–Crippen MR) is 110 cm³/mol. The molecule has 0 bridgehead atoms. The van der Waals surface area contributed by atoms with Gasteiger partial charge in [-0.25, -0.2) is 4.79 Å². The van der Waals surface area contributed by atoms with Crippen LogP contribution in [0.5, 0.6) is 11.5 Å². The molecular weight excluding hydrogens is 396 g/mol. The van der Waals surface area contributed by atoms with Crippen LogP contribution in [0.2, 0.25) is 5.02 Å². The van der Waals surface area contributed by atoms with E-state index in [0.29, 0.717) is 40.7 Å². The molecule has 0 aliphatic rings. The number of carbonyl (C=O) groups excluding carboxylic acids is 1. The first kappa shape index (κ1) is 20.5. The first-order valence-corrected chi connectivity index (χ1v) is 9.24. The molecule has 8 heteroatoms. The lowest BCUT2D eigenvalue weighted by molar-refractivity contribution is 0.0602. The van der Waals surface area contributed by atoms with E-state index in [0.717, 1.165) is 5.56 Å². The number of hydrogen-bond acceptors (Lipinski definition) is 7. The number of halogens is 1. The Bertz CT molecular complexity index is 985. The van der Waals surface area contributed by atoms with E-state index in [1.807, 2.05) is 18.2 Å². The van der Waals surface area contributed by atoms with Crippen LogP contribution in [0.1, 0.15) is 15.9 Å². The SMILES string of the molecule is COC(=O)c1c(-c2ccc(Cl)cc2)noc1NCCc1ccc(OC)c(OC)c1. The fourth-order valence-electron chi connectivity index (χ4n) is 2.86. The smallest absolute Gasteiger partial charge is 0.345 e. The van der Waals surface area contributed by atoms with E-state index < -0.39 is 5.97 Å². The molecule has 0 fully saturated rings. The van der Waals surface area contributed by atoms with Crippen LogP contribution in [0, 0.1) is 0 Å². The van der Waals surface area contributed by atoms with Crippen molar-refractivity contribution < 1.29 is 23.5 Å². The number of benzene rings is 2. The lowest BCUT2D eigenvalue weighted by Crippen LogP contribution is -2.10. The number of ether oxygens (including phenoxy) is 3. The molecule has 0 aliphatic heterocycles. The molecule has 0 spiro atoms. The quantitative estimate of drug-likeness (QED) is 0.543. The van der Waals surface area contributed by atoms with Gasteiger partial charge in [-0.05, 0) is 36.2 Å². The Balaban J connectivity index is 1.77. The molecule has 0 atom stereocenters. The summed E-state index contributed by atoms with van der Waals surface area (Å²) in [5.41, 5.74) is 2.36. The van der Waals surface area contributed by atoms with Crippen molar-refractivity contribution in [3.8, 4) is 22.8 Å². The Hall–Kier alpha value is -3.19. The highest BCUT2D eigenvalue weighted by atomic mass is 35.5. The third kappa shape index (κ3) is 4.63. The van der Waals surface area contributed by atoms with E-state index in [-0.39, 0.29) is 11.4 Å². The summed E-state index contributed by atoms with van der Waals surface area (Å²) < 4.78 is 20.9. The zero-order chi connectivity index (χ0) is 20.8. The summed E-state index contributed by atoms with van der Waals surface area (Å²) in [5, 5.41) is 7.75. The van der Waals surface area contributed by atoms with Crippen LogP contribution >= 0.6 is 11.6 Å². The summed E-state index contributed by atoms with van der Waals surface area (Å²) in [6, 6.07) is 12.7. The number of nitrogens with zero attached hydrogens (tertiary/aromatic N) is 1. The molecule has 29 heavy (non-hydrogen) atoms. The van der Waals surface area contributed by atoms with Crippen LogP contribution in [0.3, 0.4) is 0 Å². The second-order valence-electron chi connectivity index (χ2n) is 6.10. The fourth-order valence-corrected chi connectivity index (χ4v) is 2.99. The molecule has 1 aromatic heterocycles. The van der Waals surface area contributed by atoms with Gasteiger partial charge in [0.15, 0.2) is 17.1 Å². The summed E-state index contributed by atoms with van der Waals surface area (Å²) in [7, 11) is 4.50. The van der Waals surface area contributed by atoms with E-state index in [4.69, 9.17) is 30.3 Å². The van der Waals surface area contributed by atoms with Gasteiger partial charge in [0.2, 0.25) is 5.88 Å². The number of nitrogens with one attached hydrogen (secondary N) is 1. The van der Waals surface area contributed by atoms with E-state index in [2.05, 4.69) is 10.5 Å². The summed E-state index contributed by atoms with van der Waals surface area (Å²) in [6.07, 6.45) is 0.665. The topological polar surface area (TPSA) is 82.8 Å². The Morgan fingerprint density at radius 2 is 1.79 bits per heavy atom. The van der Waals surface area contributed by atoms with Crippen molar-refractivity contribution in [2.75, 3.05) is 33.2 Å².